The molecule has 0 aliphatic carbocycles. The predicted molar refractivity (Wildman–Crippen MR) is 339 cm³/mol. The maximum atomic E-state index is 14.4. The third-order valence-corrected chi connectivity index (χ3v) is 14.9. The van der Waals surface area contributed by atoms with Gasteiger partial charge < -0.3 is 40.5 Å². The monoisotopic (exact) mass is 1220 g/mol. The van der Waals surface area contributed by atoms with E-state index < -0.39 is 36.7 Å². The Morgan fingerprint density at radius 3 is 1.28 bits per heavy atom. The van der Waals surface area contributed by atoms with Gasteiger partial charge in [-0.3, -0.25) is 28.8 Å². The molecular formula is C65H60Cl4N8O8. The highest BCUT2D eigenvalue weighted by atomic mass is 35.5. The number of hydrogen-bond acceptors (Lipinski definition) is 10. The van der Waals surface area contributed by atoms with Crippen LogP contribution in [0.5, 0.6) is 11.5 Å². The normalized spacial score (nSPS) is 11.2. The Morgan fingerprint density at radius 2 is 0.894 bits per heavy atom. The summed E-state index contributed by atoms with van der Waals surface area (Å²) in [6, 6.07) is 39.2. The van der Waals surface area contributed by atoms with Crippen LogP contribution in [0.15, 0.2) is 146 Å². The number of benzene rings is 6. The van der Waals surface area contributed by atoms with Crippen LogP contribution in [-0.2, 0) is 42.0 Å². The Kier molecular flexibility index (Phi) is 21.7. The molecule has 16 nitrogen and oxygen atoms in total. The van der Waals surface area contributed by atoms with E-state index in [1.54, 1.807) is 97.1 Å². The summed E-state index contributed by atoms with van der Waals surface area (Å²) in [6.45, 7) is 5.92. The molecule has 0 atom stereocenters. The summed E-state index contributed by atoms with van der Waals surface area (Å²) in [7, 11) is 0. The minimum absolute atomic E-state index is 0.0632. The number of carbonyl (C=O) groups excluding carboxylic acids is 6. The van der Waals surface area contributed by atoms with Gasteiger partial charge in [-0.05, 0) is 129 Å². The highest BCUT2D eigenvalue weighted by Gasteiger charge is 2.25. The van der Waals surface area contributed by atoms with Gasteiger partial charge in [0.1, 0.15) is 35.7 Å². The van der Waals surface area contributed by atoms with Gasteiger partial charge in [0, 0.05) is 93.8 Å². The van der Waals surface area contributed by atoms with E-state index in [2.05, 4.69) is 31.2 Å². The number of pyridine rings is 2. The van der Waals surface area contributed by atoms with Crippen molar-refractivity contribution in [2.75, 3.05) is 46.6 Å². The van der Waals surface area contributed by atoms with E-state index in [9.17, 15) is 28.8 Å². The molecule has 2 heterocycles. The molecule has 20 heteroatoms. The third-order valence-electron chi connectivity index (χ3n) is 13.3. The molecule has 0 radical (unpaired) electrons. The number of aryl methyl sites for hydroxylation is 2. The molecule has 2 aromatic heterocycles. The number of halogens is 4. The number of anilines is 4. The van der Waals surface area contributed by atoms with Crippen LogP contribution in [-0.4, -0.2) is 71.6 Å². The number of fused-ring (bicyclic) bond motifs is 2. The Bertz CT molecular complexity index is 3610. The van der Waals surface area contributed by atoms with Gasteiger partial charge in [-0.1, -0.05) is 107 Å². The molecule has 6 amide bonds. The van der Waals surface area contributed by atoms with Gasteiger partial charge in [-0.25, -0.2) is 9.97 Å². The minimum atomic E-state index is -0.530. The molecule has 0 spiro atoms. The number of nitrogens with one attached hydrogen (secondary N) is 4. The third kappa shape index (κ3) is 17.2. The average molecular weight is 1220 g/mol. The molecule has 6 aromatic carbocycles. The molecule has 8 rings (SSSR count). The van der Waals surface area contributed by atoms with Gasteiger partial charge in [-0.2, -0.15) is 0 Å². The summed E-state index contributed by atoms with van der Waals surface area (Å²) in [4.78, 5) is 90.4. The predicted octanol–water partition coefficient (Wildman–Crippen LogP) is 13.3. The van der Waals surface area contributed by atoms with Crippen LogP contribution in [0.2, 0.25) is 20.1 Å². The molecular weight excluding hydrogens is 1160 g/mol. The fourth-order valence-corrected chi connectivity index (χ4v) is 10.2. The van der Waals surface area contributed by atoms with Crippen LogP contribution in [0.3, 0.4) is 0 Å². The summed E-state index contributed by atoms with van der Waals surface area (Å²) in [5, 5.41) is 13.5. The lowest BCUT2D eigenvalue weighted by Gasteiger charge is -2.27. The topological polar surface area (TPSA) is 201 Å². The van der Waals surface area contributed by atoms with Gasteiger partial charge in [0.15, 0.2) is 0 Å². The molecule has 85 heavy (non-hydrogen) atoms. The van der Waals surface area contributed by atoms with Gasteiger partial charge in [0.25, 0.3) is 0 Å². The molecule has 0 aliphatic rings. The second kappa shape index (κ2) is 29.6. The second-order valence-corrected chi connectivity index (χ2v) is 21.3. The van der Waals surface area contributed by atoms with Crippen LogP contribution in [0, 0.1) is 13.8 Å². The van der Waals surface area contributed by atoms with Crippen molar-refractivity contribution in [2.45, 2.75) is 60.2 Å². The maximum absolute atomic E-state index is 14.4. The van der Waals surface area contributed by atoms with Gasteiger partial charge in [0.05, 0.1) is 34.5 Å². The van der Waals surface area contributed by atoms with E-state index in [1.165, 1.54) is 35.8 Å². The van der Waals surface area contributed by atoms with E-state index in [-0.39, 0.29) is 48.2 Å². The first-order chi connectivity index (χ1) is 40.9. The molecule has 0 bridgehead atoms. The van der Waals surface area contributed by atoms with E-state index in [1.807, 2.05) is 62.4 Å². The first kappa shape index (κ1) is 62.3. The number of unbranched alkanes of at least 4 members (excludes halogenated alkanes) is 2. The fraction of sp³-hybridized carbons (Fsp3) is 0.200. The van der Waals surface area contributed by atoms with Gasteiger partial charge in [-0.15, -0.1) is 0 Å². The molecule has 436 valence electrons. The molecule has 4 N–H and O–H groups in total. The average Bonchev–Trinajstić information content (AvgIpc) is 3.45. The Labute approximate surface area is 512 Å². The van der Waals surface area contributed by atoms with Crippen LogP contribution in [0.1, 0.15) is 66.8 Å². The number of amides is 6. The van der Waals surface area contributed by atoms with Crippen molar-refractivity contribution in [3.8, 4) is 11.5 Å². The smallest absolute Gasteiger partial charge is 0.246 e. The maximum Gasteiger partial charge on any atom is 0.246 e. The van der Waals surface area contributed by atoms with Gasteiger partial charge >= 0.3 is 0 Å². The van der Waals surface area contributed by atoms with Crippen molar-refractivity contribution in [2.24, 2.45) is 0 Å². The lowest BCUT2D eigenvalue weighted by atomic mass is 10.1. The number of hydrogen-bond donors (Lipinski definition) is 4. The number of carbonyl (C=O) groups is 6. The molecule has 0 saturated heterocycles. The van der Waals surface area contributed by atoms with Gasteiger partial charge in [0.2, 0.25) is 35.4 Å². The van der Waals surface area contributed by atoms with E-state index in [0.717, 1.165) is 22.2 Å². The summed E-state index contributed by atoms with van der Waals surface area (Å²) < 4.78 is 12.6. The van der Waals surface area contributed by atoms with E-state index in [0.29, 0.717) is 96.8 Å². The fourth-order valence-electron chi connectivity index (χ4n) is 9.04. The second-order valence-electron chi connectivity index (χ2n) is 19.7. The first-order valence-electron chi connectivity index (χ1n) is 27.1. The van der Waals surface area contributed by atoms with Crippen molar-refractivity contribution in [1.82, 2.24) is 20.6 Å². The zero-order valence-electron chi connectivity index (χ0n) is 46.9. The van der Waals surface area contributed by atoms with Crippen LogP contribution >= 0.6 is 46.4 Å². The number of para-hydroxylation sites is 2. The number of ether oxygens (including phenoxy) is 2. The summed E-state index contributed by atoms with van der Waals surface area (Å²) in [5.74, 6) is -1.42. The summed E-state index contributed by atoms with van der Waals surface area (Å²) in [5.41, 5.74) is 7.01. The molecule has 0 aliphatic heterocycles. The Morgan fingerprint density at radius 1 is 0.494 bits per heavy atom. The van der Waals surface area contributed by atoms with Crippen molar-refractivity contribution in [1.29, 1.82) is 0 Å². The van der Waals surface area contributed by atoms with Crippen molar-refractivity contribution < 1.29 is 38.2 Å². The zero-order valence-corrected chi connectivity index (χ0v) is 50.0. The van der Waals surface area contributed by atoms with Crippen LogP contribution in [0.25, 0.3) is 34.0 Å². The quantitative estimate of drug-likeness (QED) is 0.0333. The first-order valence-corrected chi connectivity index (χ1v) is 28.6. The van der Waals surface area contributed by atoms with Crippen LogP contribution in [0.4, 0.5) is 22.7 Å². The van der Waals surface area contributed by atoms with Crippen molar-refractivity contribution in [3.63, 3.8) is 0 Å². The Hall–Kier alpha value is -8.80. The van der Waals surface area contributed by atoms with E-state index in [4.69, 9.17) is 55.9 Å². The van der Waals surface area contributed by atoms with Crippen molar-refractivity contribution in [3.05, 3.63) is 199 Å². The minimum Gasteiger partial charge on any atom is -0.487 e. The van der Waals surface area contributed by atoms with Crippen LogP contribution < -0.4 is 40.5 Å². The zero-order chi connectivity index (χ0) is 60.6. The lowest BCUT2D eigenvalue weighted by Crippen LogP contribution is -2.41. The SMILES string of the molecule is CC(=O)Nc1ccc(/C=C/C(=O)NCC(=O)N(CCCCCN(C(=O)CNC(=O)/C=C/c2ccc(NC(C)=O)cc2)c2ccc(Cl)c(COc3cccc4ccc(C)nc34)c2Cl)c2ccc(Cl)c(COc3cccc4ccc(C)nc34)c2Cl)cc1. The molecule has 8 aromatic rings. The summed E-state index contributed by atoms with van der Waals surface area (Å²) >= 11 is 28.0. The standard InChI is InChI=1S/C65H60Cl4N8O8/c1-40-14-22-46-10-8-12-56(64(46)72-40)84-38-50-52(66)28-30-54(62(50)68)76(60(82)36-70-58(80)32-20-44-16-24-48(25-17-44)74-42(3)78)34-6-5-7-35-77(61(83)37-71-59(81)33-21-45-18-26-49(27-19-45)75-43(4)79)55-31-29-53(67)51(63(55)69)39-85-57-13-9-11-47-23-15-41(2)73-65(47)57/h8-33H,5-7,34-39H2,1-4H3,(H,70,80)(H,71,81)(H,74,78)(H,75,79)/b32-20+,33-21+. The number of rotatable bonds is 24. The summed E-state index contributed by atoms with van der Waals surface area (Å²) in [6.07, 6.45) is 7.01. The molecule has 0 fully saturated rings. The number of nitrogens with zero attached hydrogens (tertiary/aromatic N) is 4. The Balaban J connectivity index is 1.01. The number of aromatic nitrogens is 2. The largest absolute Gasteiger partial charge is 0.487 e. The van der Waals surface area contributed by atoms with Crippen molar-refractivity contribution >= 4 is 139 Å². The highest BCUT2D eigenvalue weighted by Crippen LogP contribution is 2.38. The lowest BCUT2D eigenvalue weighted by molar-refractivity contribution is -0.122. The highest BCUT2D eigenvalue weighted by molar-refractivity contribution is 6.39. The molecule has 0 saturated carbocycles. The van der Waals surface area contributed by atoms with E-state index >= 15 is 0 Å². The molecule has 0 unspecified atom stereocenters.